The zero-order valence-electron chi connectivity index (χ0n) is 8.55. The van der Waals surface area contributed by atoms with Crippen LogP contribution in [0.4, 0.5) is 11.4 Å². The van der Waals surface area contributed by atoms with Gasteiger partial charge < -0.3 is 29.6 Å². The van der Waals surface area contributed by atoms with E-state index in [0.717, 1.165) is 11.4 Å². The third-order valence-electron chi connectivity index (χ3n) is 2.07. The van der Waals surface area contributed by atoms with Crippen LogP contribution in [0.15, 0.2) is 60.7 Å². The van der Waals surface area contributed by atoms with E-state index in [1.807, 2.05) is 60.7 Å². The Morgan fingerprint density at radius 2 is 0.938 bits per heavy atom. The monoisotopic (exact) mass is 249 g/mol. The van der Waals surface area contributed by atoms with Gasteiger partial charge in [-0.2, -0.15) is 0 Å². The molecule has 2 radical (unpaired) electrons. The highest BCUT2D eigenvalue weighted by atomic mass is 35.5. The second-order valence-electron chi connectivity index (χ2n) is 3.04. The SMILES string of the molecule is [B]N(c1ccccc1)c1ccccc1.[Cl-].[Cl-]. The highest BCUT2D eigenvalue weighted by Gasteiger charge is 2.00. The fourth-order valence-electron chi connectivity index (χ4n) is 1.33. The lowest BCUT2D eigenvalue weighted by Crippen LogP contribution is -3.00. The summed E-state index contributed by atoms with van der Waals surface area (Å²) in [5, 5.41) is 0. The van der Waals surface area contributed by atoms with Gasteiger partial charge in [-0.3, -0.25) is 0 Å². The van der Waals surface area contributed by atoms with Crippen LogP contribution in [0.1, 0.15) is 0 Å². The van der Waals surface area contributed by atoms with Crippen LogP contribution in [0, 0.1) is 0 Å². The van der Waals surface area contributed by atoms with Crippen molar-refractivity contribution < 1.29 is 24.8 Å². The van der Waals surface area contributed by atoms with E-state index in [1.54, 1.807) is 4.81 Å². The summed E-state index contributed by atoms with van der Waals surface area (Å²) >= 11 is 0. The first-order valence-corrected chi connectivity index (χ1v) is 4.53. The lowest BCUT2D eigenvalue weighted by molar-refractivity contribution is -0.00100. The number of para-hydroxylation sites is 2. The Kier molecular flexibility index (Phi) is 6.70. The molecule has 0 bridgehead atoms. The molecule has 2 aromatic rings. The van der Waals surface area contributed by atoms with E-state index in [9.17, 15) is 0 Å². The van der Waals surface area contributed by atoms with Gasteiger partial charge in [0.1, 0.15) is 0 Å². The highest BCUT2D eigenvalue weighted by molar-refractivity contribution is 6.22. The fourth-order valence-corrected chi connectivity index (χ4v) is 1.33. The average Bonchev–Trinajstić information content (AvgIpc) is 2.30. The quantitative estimate of drug-likeness (QED) is 0.511. The van der Waals surface area contributed by atoms with E-state index < -0.39 is 0 Å². The fraction of sp³-hybridized carbons (Fsp3) is 0. The molecule has 2 aromatic carbocycles. The Morgan fingerprint density at radius 3 is 1.25 bits per heavy atom. The third-order valence-corrected chi connectivity index (χ3v) is 2.07. The van der Waals surface area contributed by atoms with E-state index in [4.69, 9.17) is 7.98 Å². The van der Waals surface area contributed by atoms with Gasteiger partial charge in [0.25, 0.3) is 0 Å². The first-order valence-electron chi connectivity index (χ1n) is 4.53. The molecule has 0 aliphatic heterocycles. The minimum Gasteiger partial charge on any atom is -1.00 e. The van der Waals surface area contributed by atoms with Crippen molar-refractivity contribution in [1.29, 1.82) is 0 Å². The van der Waals surface area contributed by atoms with E-state index >= 15 is 0 Å². The van der Waals surface area contributed by atoms with Crippen molar-refractivity contribution in [2.24, 2.45) is 0 Å². The number of benzene rings is 2. The molecular weight excluding hydrogens is 240 g/mol. The van der Waals surface area contributed by atoms with Crippen molar-refractivity contribution in [3.8, 4) is 0 Å². The van der Waals surface area contributed by atoms with Crippen molar-refractivity contribution in [3.63, 3.8) is 0 Å². The number of rotatable bonds is 2. The van der Waals surface area contributed by atoms with Crippen LogP contribution in [0.25, 0.3) is 0 Å². The lowest BCUT2D eigenvalue weighted by Gasteiger charge is -2.19. The van der Waals surface area contributed by atoms with Gasteiger partial charge in [-0.25, -0.2) is 0 Å². The Bertz CT molecular complexity index is 355. The van der Waals surface area contributed by atoms with Gasteiger partial charge >= 0.3 is 0 Å². The van der Waals surface area contributed by atoms with Gasteiger partial charge in [-0.05, 0) is 24.3 Å². The second kappa shape index (κ2) is 7.21. The Morgan fingerprint density at radius 1 is 0.625 bits per heavy atom. The summed E-state index contributed by atoms with van der Waals surface area (Å²) in [5.41, 5.74) is 1.97. The number of halogens is 2. The smallest absolute Gasteiger partial charge is 0.234 e. The number of hydrogen-bond acceptors (Lipinski definition) is 1. The van der Waals surface area contributed by atoms with Gasteiger partial charge in [0, 0.05) is 11.4 Å². The Hall–Kier alpha value is -1.12. The molecule has 16 heavy (non-hydrogen) atoms. The molecule has 0 spiro atoms. The summed E-state index contributed by atoms with van der Waals surface area (Å²) in [6.45, 7) is 0. The molecule has 0 fully saturated rings. The molecule has 1 nitrogen and oxygen atoms in total. The first-order chi connectivity index (χ1) is 6.88. The van der Waals surface area contributed by atoms with Crippen LogP contribution in [0.5, 0.6) is 0 Å². The summed E-state index contributed by atoms with van der Waals surface area (Å²) in [7, 11) is 5.95. The minimum absolute atomic E-state index is 0. The maximum atomic E-state index is 5.95. The van der Waals surface area contributed by atoms with Gasteiger partial charge in [-0.15, -0.1) is 0 Å². The Balaban J connectivity index is 0.00000112. The predicted octanol–water partition coefficient (Wildman–Crippen LogP) is -3.08. The minimum atomic E-state index is 0. The molecule has 0 saturated heterocycles. The average molecular weight is 250 g/mol. The van der Waals surface area contributed by atoms with Gasteiger partial charge in [0.05, 0.1) is 0 Å². The van der Waals surface area contributed by atoms with Crippen LogP contribution < -0.4 is 29.6 Å². The van der Waals surface area contributed by atoms with E-state index in [0.29, 0.717) is 0 Å². The third kappa shape index (κ3) is 3.48. The number of anilines is 2. The summed E-state index contributed by atoms with van der Waals surface area (Å²) in [6.07, 6.45) is 0. The molecule has 0 N–H and O–H groups in total. The van der Waals surface area contributed by atoms with E-state index in [1.165, 1.54) is 0 Å². The molecular formula is C12H10BCl2N-2. The first kappa shape index (κ1) is 14.9. The van der Waals surface area contributed by atoms with Crippen LogP contribution in [-0.2, 0) is 0 Å². The van der Waals surface area contributed by atoms with Gasteiger partial charge in [-0.1, -0.05) is 36.4 Å². The molecule has 0 aromatic heterocycles. The van der Waals surface area contributed by atoms with Gasteiger partial charge in [0.15, 0.2) is 0 Å². The molecule has 0 amide bonds. The number of nitrogens with zero attached hydrogens (tertiary/aromatic N) is 1. The summed E-state index contributed by atoms with van der Waals surface area (Å²) < 4.78 is 0. The molecule has 2 rings (SSSR count). The highest BCUT2D eigenvalue weighted by Crippen LogP contribution is 2.21. The van der Waals surface area contributed by atoms with Crippen molar-refractivity contribution in [3.05, 3.63) is 60.7 Å². The van der Waals surface area contributed by atoms with Crippen LogP contribution in [-0.4, -0.2) is 7.98 Å². The predicted molar refractivity (Wildman–Crippen MR) is 60.8 cm³/mol. The largest absolute Gasteiger partial charge is 1.00 e. The van der Waals surface area contributed by atoms with Crippen molar-refractivity contribution in [2.75, 3.05) is 4.81 Å². The molecule has 0 saturated carbocycles. The second-order valence-corrected chi connectivity index (χ2v) is 3.04. The number of hydrogen-bond donors (Lipinski definition) is 0. The molecule has 0 aliphatic rings. The van der Waals surface area contributed by atoms with Crippen molar-refractivity contribution >= 4 is 19.4 Å². The lowest BCUT2D eigenvalue weighted by atomic mass is 10.1. The topological polar surface area (TPSA) is 3.24 Å². The van der Waals surface area contributed by atoms with Crippen molar-refractivity contribution in [2.45, 2.75) is 0 Å². The molecule has 0 heterocycles. The standard InChI is InChI=1S/C12H10BN.2ClH/c13-14(11-7-3-1-4-8-11)12-9-5-2-6-10-12;;/h1-10H;2*1H/p-2. The molecule has 0 aliphatic carbocycles. The maximum absolute atomic E-state index is 5.95. The summed E-state index contributed by atoms with van der Waals surface area (Å²) in [4.78, 5) is 1.67. The Labute approximate surface area is 110 Å². The maximum Gasteiger partial charge on any atom is 0.234 e. The summed E-state index contributed by atoms with van der Waals surface area (Å²) in [5.74, 6) is 0. The van der Waals surface area contributed by atoms with E-state index in [-0.39, 0.29) is 24.8 Å². The normalized spacial score (nSPS) is 8.50. The van der Waals surface area contributed by atoms with Crippen LogP contribution >= 0.6 is 0 Å². The molecule has 82 valence electrons. The van der Waals surface area contributed by atoms with Gasteiger partial charge in [0.2, 0.25) is 7.98 Å². The zero-order chi connectivity index (χ0) is 9.80. The summed E-state index contributed by atoms with van der Waals surface area (Å²) in [6, 6.07) is 19.7. The van der Waals surface area contributed by atoms with Crippen molar-refractivity contribution in [1.82, 2.24) is 0 Å². The zero-order valence-corrected chi connectivity index (χ0v) is 10.1. The molecule has 0 unspecified atom stereocenters. The van der Waals surface area contributed by atoms with E-state index in [2.05, 4.69) is 0 Å². The van der Waals surface area contributed by atoms with Crippen LogP contribution in [0.3, 0.4) is 0 Å². The van der Waals surface area contributed by atoms with Crippen LogP contribution in [0.2, 0.25) is 0 Å². The molecule has 4 heteroatoms. The molecule has 0 atom stereocenters.